The minimum Gasteiger partial charge on any atom is -0.469 e. The average molecular weight is 620 g/mol. The first-order valence-corrected chi connectivity index (χ1v) is 18.1. The number of rotatable bonds is 10. The first-order valence-electron chi connectivity index (χ1n) is 15.2. The van der Waals surface area contributed by atoms with Crippen LogP contribution in [0.1, 0.15) is 51.0 Å². The van der Waals surface area contributed by atoms with Crippen molar-refractivity contribution in [3.05, 3.63) is 23.8 Å². The third-order valence-electron chi connectivity index (χ3n) is 9.54. The van der Waals surface area contributed by atoms with Gasteiger partial charge in [-0.2, -0.15) is 0 Å². The molecule has 3 amide bonds. The van der Waals surface area contributed by atoms with Gasteiger partial charge in [-0.15, -0.1) is 0 Å². The Morgan fingerprint density at radius 1 is 1.21 bits per heavy atom. The van der Waals surface area contributed by atoms with E-state index in [0.717, 1.165) is 6.42 Å². The summed E-state index contributed by atoms with van der Waals surface area (Å²) in [4.78, 5) is 56.9. The van der Waals surface area contributed by atoms with E-state index in [4.69, 9.17) is 14.2 Å². The molecule has 11 nitrogen and oxygen atoms in total. The Kier molecular flexibility index (Phi) is 8.88. The Morgan fingerprint density at radius 2 is 1.98 bits per heavy atom. The van der Waals surface area contributed by atoms with Gasteiger partial charge in [-0.1, -0.05) is 6.92 Å². The SMILES string of the molecule is COC(=O)CCCCN1C(=O)[C@]2(O[C@H](CC(=O)N3CCC[C@H]3CO)[C@@H]([Si](C)(C)F)[C@@H]2C)c2cc(N3CCOC3=O)ccc21. The lowest BCUT2D eigenvalue weighted by Gasteiger charge is -2.31. The molecule has 0 radical (unpaired) electrons. The first-order chi connectivity index (χ1) is 20.4. The second kappa shape index (κ2) is 12.2. The van der Waals surface area contributed by atoms with Crippen molar-refractivity contribution < 1.29 is 42.6 Å². The quantitative estimate of drug-likeness (QED) is 0.183. The number of amides is 3. The number of benzene rings is 1. The van der Waals surface area contributed by atoms with Crippen molar-refractivity contribution >= 4 is 43.7 Å². The topological polar surface area (TPSA) is 126 Å². The summed E-state index contributed by atoms with van der Waals surface area (Å²) >= 11 is 0. The Balaban J connectivity index is 1.52. The van der Waals surface area contributed by atoms with Gasteiger partial charge in [0, 0.05) is 42.2 Å². The molecule has 0 aromatic heterocycles. The number of carbonyl (C=O) groups excluding carboxylic acids is 4. The van der Waals surface area contributed by atoms with Gasteiger partial charge in [0.25, 0.3) is 5.91 Å². The Hall–Kier alpha value is -3.03. The van der Waals surface area contributed by atoms with Crippen LogP contribution >= 0.6 is 0 Å². The Labute approximate surface area is 252 Å². The number of unbranched alkanes of at least 4 members (excludes halogenated alkanes) is 1. The maximum atomic E-state index is 16.2. The fourth-order valence-electron chi connectivity index (χ4n) is 7.54. The number of carbonyl (C=O) groups is 4. The van der Waals surface area contributed by atoms with Crippen molar-refractivity contribution in [2.45, 2.75) is 81.8 Å². The molecule has 1 spiro atoms. The number of aliphatic hydroxyl groups excluding tert-OH is 1. The van der Waals surface area contributed by atoms with E-state index < -0.39 is 37.7 Å². The maximum absolute atomic E-state index is 16.2. The van der Waals surface area contributed by atoms with Gasteiger partial charge in [0.15, 0.2) is 5.60 Å². The molecule has 4 aliphatic rings. The molecule has 3 saturated heterocycles. The highest BCUT2D eigenvalue weighted by Gasteiger charge is 2.67. The summed E-state index contributed by atoms with van der Waals surface area (Å²) in [5.41, 5.74) is -0.515. The molecule has 236 valence electrons. The van der Waals surface area contributed by atoms with Crippen molar-refractivity contribution in [3.8, 4) is 0 Å². The standard InChI is InChI=1S/C30H42FN3O8Si/c1-19-27(43(3,4)31)24(17-25(36)32-13-7-8-21(32)18-35)42-30(19)22-16-20(33-14-15-41-29(33)39)10-11-23(22)34(28(30)38)12-6-5-9-26(37)40-2/h10-11,16,19,21,24,27,35H,5-9,12-15,17-18H2,1-4H3/t19-,21-,24+,27-,30+/m0/s1. The average Bonchev–Trinajstić information content (AvgIpc) is 3.73. The van der Waals surface area contributed by atoms with Crippen molar-refractivity contribution in [2.24, 2.45) is 5.92 Å². The van der Waals surface area contributed by atoms with Crippen LogP contribution in [-0.4, -0.2) is 94.4 Å². The largest absolute Gasteiger partial charge is 0.469 e. The lowest BCUT2D eigenvalue weighted by Crippen LogP contribution is -2.45. The Morgan fingerprint density at radius 3 is 2.63 bits per heavy atom. The highest BCUT2D eigenvalue weighted by atomic mass is 28.4. The molecule has 43 heavy (non-hydrogen) atoms. The smallest absolute Gasteiger partial charge is 0.414 e. The molecule has 0 unspecified atom stereocenters. The second-order valence-corrected chi connectivity index (χ2v) is 16.3. The van der Waals surface area contributed by atoms with Crippen LogP contribution in [0.5, 0.6) is 0 Å². The number of aliphatic hydroxyl groups is 1. The molecule has 1 aromatic rings. The number of fused-ring (bicyclic) bond motifs is 2. The van der Waals surface area contributed by atoms with E-state index >= 15 is 4.11 Å². The zero-order valence-corrected chi connectivity index (χ0v) is 26.3. The van der Waals surface area contributed by atoms with Crippen LogP contribution in [0.15, 0.2) is 18.2 Å². The summed E-state index contributed by atoms with van der Waals surface area (Å²) in [6, 6.07) is 5.03. The van der Waals surface area contributed by atoms with Crippen LogP contribution in [0.2, 0.25) is 18.6 Å². The molecule has 0 aliphatic carbocycles. The molecule has 4 heterocycles. The number of nitrogens with zero attached hydrogens (tertiary/aromatic N) is 3. The molecule has 0 saturated carbocycles. The number of ether oxygens (including phenoxy) is 3. The van der Waals surface area contributed by atoms with Crippen molar-refractivity contribution in [1.29, 1.82) is 0 Å². The van der Waals surface area contributed by atoms with E-state index in [1.807, 2.05) is 6.92 Å². The van der Waals surface area contributed by atoms with Gasteiger partial charge in [-0.25, -0.2) is 4.79 Å². The number of hydrogen-bond acceptors (Lipinski definition) is 8. The fraction of sp³-hybridized carbons (Fsp3) is 0.667. The molecule has 4 aliphatic heterocycles. The molecular weight excluding hydrogens is 577 g/mol. The number of halogens is 1. The van der Waals surface area contributed by atoms with Gasteiger partial charge in [-0.05, 0) is 57.0 Å². The van der Waals surface area contributed by atoms with Crippen LogP contribution in [0.25, 0.3) is 0 Å². The third kappa shape index (κ3) is 5.55. The normalized spacial score (nSPS) is 28.7. The summed E-state index contributed by atoms with van der Waals surface area (Å²) in [5, 5.41) is 9.79. The van der Waals surface area contributed by atoms with Gasteiger partial charge in [0.2, 0.25) is 14.3 Å². The second-order valence-electron chi connectivity index (χ2n) is 12.5. The lowest BCUT2D eigenvalue weighted by molar-refractivity contribution is -0.150. The minimum absolute atomic E-state index is 0.0898. The highest BCUT2D eigenvalue weighted by Crippen LogP contribution is 2.60. The van der Waals surface area contributed by atoms with Crippen molar-refractivity contribution in [1.82, 2.24) is 4.90 Å². The predicted octanol–water partition coefficient (Wildman–Crippen LogP) is 3.48. The van der Waals surface area contributed by atoms with Gasteiger partial charge < -0.3 is 33.2 Å². The summed E-state index contributed by atoms with van der Waals surface area (Å²) in [6.45, 7) is 6.30. The lowest BCUT2D eigenvalue weighted by atomic mass is 9.82. The number of likely N-dealkylation sites (tertiary alicyclic amines) is 1. The summed E-state index contributed by atoms with van der Waals surface area (Å²) < 4.78 is 32.8. The zero-order chi connectivity index (χ0) is 31.1. The van der Waals surface area contributed by atoms with Crippen LogP contribution in [0, 0.1) is 5.92 Å². The van der Waals surface area contributed by atoms with E-state index in [1.54, 1.807) is 41.1 Å². The molecule has 13 heteroatoms. The molecule has 5 rings (SSSR count). The molecule has 1 aromatic carbocycles. The first kappa shape index (κ1) is 31.4. The van der Waals surface area contributed by atoms with E-state index in [1.165, 1.54) is 12.0 Å². The Bertz CT molecular complexity index is 1270. The minimum atomic E-state index is -3.50. The monoisotopic (exact) mass is 619 g/mol. The third-order valence-corrected chi connectivity index (χ3v) is 12.0. The fourth-order valence-corrected chi connectivity index (χ4v) is 10.0. The predicted molar refractivity (Wildman–Crippen MR) is 158 cm³/mol. The molecule has 1 N–H and O–H groups in total. The molecule has 3 fully saturated rings. The number of esters is 1. The summed E-state index contributed by atoms with van der Waals surface area (Å²) in [5.74, 6) is -1.47. The molecule has 5 atom stereocenters. The number of cyclic esters (lactones) is 1. The van der Waals surface area contributed by atoms with Crippen LogP contribution in [0.4, 0.5) is 20.3 Å². The van der Waals surface area contributed by atoms with Crippen LogP contribution < -0.4 is 9.80 Å². The van der Waals surface area contributed by atoms with E-state index in [9.17, 15) is 24.3 Å². The van der Waals surface area contributed by atoms with Gasteiger partial charge in [-0.3, -0.25) is 19.3 Å². The van der Waals surface area contributed by atoms with Gasteiger partial charge in [0.1, 0.15) is 6.61 Å². The van der Waals surface area contributed by atoms with Gasteiger partial charge in [0.05, 0.1) is 44.5 Å². The van der Waals surface area contributed by atoms with E-state index in [2.05, 4.69) is 0 Å². The summed E-state index contributed by atoms with van der Waals surface area (Å²) in [6.07, 6.45) is 1.34. The van der Waals surface area contributed by atoms with Crippen molar-refractivity contribution in [2.75, 3.05) is 49.8 Å². The van der Waals surface area contributed by atoms with Crippen molar-refractivity contribution in [3.63, 3.8) is 0 Å². The maximum Gasteiger partial charge on any atom is 0.414 e. The molecular formula is C30H42FN3O8Si. The molecule has 0 bridgehead atoms. The number of hydrogen-bond donors (Lipinski definition) is 1. The number of methoxy groups -OCH3 is 1. The number of anilines is 2. The summed E-state index contributed by atoms with van der Waals surface area (Å²) in [7, 11) is -2.17. The highest BCUT2D eigenvalue weighted by molar-refractivity contribution is 6.72. The zero-order valence-electron chi connectivity index (χ0n) is 25.3. The van der Waals surface area contributed by atoms with Gasteiger partial charge >= 0.3 is 12.1 Å². The van der Waals surface area contributed by atoms with E-state index in [0.29, 0.717) is 55.8 Å². The van der Waals surface area contributed by atoms with Crippen LogP contribution in [0.3, 0.4) is 0 Å². The van der Waals surface area contributed by atoms with Crippen LogP contribution in [-0.2, 0) is 34.2 Å². The van der Waals surface area contributed by atoms with E-state index in [-0.39, 0.29) is 49.9 Å².